The minimum absolute atomic E-state index is 0.209. The summed E-state index contributed by atoms with van der Waals surface area (Å²) >= 11 is 0. The molecule has 0 aliphatic rings. The maximum absolute atomic E-state index is 12.6. The molecule has 0 aliphatic heterocycles. The summed E-state index contributed by atoms with van der Waals surface area (Å²) in [5.41, 5.74) is 3.64. The monoisotopic (exact) mass is 369 g/mol. The number of hydrogen-bond donors (Lipinski definition) is 0. The number of aryl methyl sites for hydroxylation is 2. The fourth-order valence-corrected chi connectivity index (χ4v) is 2.70. The van der Waals surface area contributed by atoms with E-state index < -0.39 is 0 Å². The number of ketones is 2. The smallest absolute Gasteiger partial charge is 0.187 e. The van der Waals surface area contributed by atoms with Crippen LogP contribution in [0.2, 0.25) is 0 Å². The predicted octanol–water partition coefficient (Wildman–Crippen LogP) is 4.28. The summed E-state index contributed by atoms with van der Waals surface area (Å²) in [5.74, 6) is -0.418. The van der Waals surface area contributed by atoms with Gasteiger partial charge in [-0.05, 0) is 67.5 Å². The van der Waals surface area contributed by atoms with Crippen LogP contribution in [0.5, 0.6) is 0 Å². The molecule has 0 atom stereocenters. The van der Waals surface area contributed by atoms with Gasteiger partial charge < -0.3 is 0 Å². The highest BCUT2D eigenvalue weighted by Gasteiger charge is 2.14. The van der Waals surface area contributed by atoms with Crippen LogP contribution in [0, 0.1) is 13.8 Å². The van der Waals surface area contributed by atoms with E-state index in [1.165, 1.54) is 12.2 Å². The van der Waals surface area contributed by atoms with E-state index in [0.29, 0.717) is 22.5 Å². The molecule has 0 spiro atoms. The number of hydrogen-bond acceptors (Lipinski definition) is 5. The molecule has 3 aromatic rings. The van der Waals surface area contributed by atoms with Gasteiger partial charge in [-0.1, -0.05) is 12.1 Å². The first-order chi connectivity index (χ1) is 13.5. The zero-order valence-electron chi connectivity index (χ0n) is 15.7. The first kappa shape index (κ1) is 19.0. The van der Waals surface area contributed by atoms with Crippen molar-refractivity contribution in [3.63, 3.8) is 0 Å². The van der Waals surface area contributed by atoms with Gasteiger partial charge in [0, 0.05) is 47.3 Å². The molecule has 0 fully saturated rings. The number of allylic oxidation sites excluding steroid dienone is 2. The molecule has 0 radical (unpaired) electrons. The second-order valence-electron chi connectivity index (χ2n) is 6.22. The topological polar surface area (TPSA) is 72.8 Å². The Hall–Kier alpha value is -3.73. The SMILES string of the molecule is Cc1nc(C)c(C(=O)/C=C/c2cccnc2)cc1C(=O)/C=C/c1cccnc1. The van der Waals surface area contributed by atoms with Crippen molar-refractivity contribution in [2.45, 2.75) is 13.8 Å². The number of pyridine rings is 3. The largest absolute Gasteiger partial charge is 0.289 e. The van der Waals surface area contributed by atoms with Gasteiger partial charge in [0.25, 0.3) is 0 Å². The Labute approximate surface area is 163 Å². The molecule has 3 rings (SSSR count). The van der Waals surface area contributed by atoms with Crippen LogP contribution in [-0.2, 0) is 0 Å². The van der Waals surface area contributed by atoms with Crippen molar-refractivity contribution in [3.05, 3.63) is 101 Å². The normalized spacial score (nSPS) is 11.2. The van der Waals surface area contributed by atoms with Gasteiger partial charge in [0.05, 0.1) is 0 Å². The van der Waals surface area contributed by atoms with E-state index >= 15 is 0 Å². The first-order valence-corrected chi connectivity index (χ1v) is 8.78. The highest BCUT2D eigenvalue weighted by atomic mass is 16.1. The van der Waals surface area contributed by atoms with Crippen molar-refractivity contribution in [3.8, 4) is 0 Å². The van der Waals surface area contributed by atoms with E-state index in [1.54, 1.807) is 69.0 Å². The Bertz CT molecular complexity index is 973. The lowest BCUT2D eigenvalue weighted by Gasteiger charge is -2.07. The van der Waals surface area contributed by atoms with Crippen LogP contribution < -0.4 is 0 Å². The quantitative estimate of drug-likeness (QED) is 0.479. The molecule has 3 heterocycles. The molecule has 0 unspecified atom stereocenters. The molecule has 5 heteroatoms. The molecule has 0 amide bonds. The minimum atomic E-state index is -0.209. The van der Waals surface area contributed by atoms with Gasteiger partial charge in [0.15, 0.2) is 11.6 Å². The third-order valence-electron chi connectivity index (χ3n) is 4.16. The molecular formula is C23H19N3O2. The van der Waals surface area contributed by atoms with Crippen LogP contribution >= 0.6 is 0 Å². The van der Waals surface area contributed by atoms with Gasteiger partial charge >= 0.3 is 0 Å². The molecule has 28 heavy (non-hydrogen) atoms. The summed E-state index contributed by atoms with van der Waals surface area (Å²) in [6.07, 6.45) is 13.0. The van der Waals surface area contributed by atoms with Crippen LogP contribution in [-0.4, -0.2) is 26.5 Å². The van der Waals surface area contributed by atoms with Gasteiger partial charge in [-0.3, -0.25) is 24.5 Å². The Morgan fingerprint density at radius 1 is 0.786 bits per heavy atom. The minimum Gasteiger partial charge on any atom is -0.289 e. The third kappa shape index (κ3) is 4.71. The number of nitrogens with zero attached hydrogens (tertiary/aromatic N) is 3. The van der Waals surface area contributed by atoms with Crippen LogP contribution in [0.1, 0.15) is 43.2 Å². The van der Waals surface area contributed by atoms with Gasteiger partial charge in [-0.15, -0.1) is 0 Å². The molecule has 0 saturated heterocycles. The molecule has 3 aromatic heterocycles. The van der Waals surface area contributed by atoms with Crippen LogP contribution in [0.3, 0.4) is 0 Å². The van der Waals surface area contributed by atoms with Gasteiger partial charge in [-0.2, -0.15) is 0 Å². The lowest BCUT2D eigenvalue weighted by Crippen LogP contribution is -2.08. The Morgan fingerprint density at radius 2 is 1.25 bits per heavy atom. The summed E-state index contributed by atoms with van der Waals surface area (Å²) in [6.45, 7) is 3.52. The van der Waals surface area contributed by atoms with Crippen LogP contribution in [0.25, 0.3) is 12.2 Å². The van der Waals surface area contributed by atoms with Crippen molar-refractivity contribution in [2.75, 3.05) is 0 Å². The fourth-order valence-electron chi connectivity index (χ4n) is 2.70. The fraction of sp³-hybridized carbons (Fsp3) is 0.0870. The maximum Gasteiger partial charge on any atom is 0.187 e. The molecule has 0 aliphatic carbocycles. The highest BCUT2D eigenvalue weighted by molar-refractivity contribution is 6.11. The van der Waals surface area contributed by atoms with E-state index in [1.807, 2.05) is 12.1 Å². The molecule has 0 aromatic carbocycles. The van der Waals surface area contributed by atoms with Crippen molar-refractivity contribution < 1.29 is 9.59 Å². The lowest BCUT2D eigenvalue weighted by molar-refractivity contribution is 0.104. The van der Waals surface area contributed by atoms with Crippen LogP contribution in [0.15, 0.2) is 67.3 Å². The second kappa shape index (κ2) is 8.77. The summed E-state index contributed by atoms with van der Waals surface area (Å²) < 4.78 is 0. The molecule has 0 bridgehead atoms. The van der Waals surface area contributed by atoms with Crippen molar-refractivity contribution in [1.82, 2.24) is 15.0 Å². The predicted molar refractivity (Wildman–Crippen MR) is 109 cm³/mol. The van der Waals surface area contributed by atoms with Gasteiger partial charge in [0.1, 0.15) is 0 Å². The standard InChI is InChI=1S/C23H19N3O2/c1-16-20(22(27)9-7-18-5-3-11-24-14-18)13-21(17(2)26-16)23(28)10-8-19-6-4-12-25-15-19/h3-15H,1-2H3/b9-7+,10-8+. The Morgan fingerprint density at radius 3 is 1.64 bits per heavy atom. The van der Waals surface area contributed by atoms with E-state index in [9.17, 15) is 9.59 Å². The third-order valence-corrected chi connectivity index (χ3v) is 4.16. The second-order valence-corrected chi connectivity index (χ2v) is 6.22. The first-order valence-electron chi connectivity index (χ1n) is 8.78. The zero-order valence-corrected chi connectivity index (χ0v) is 15.7. The van der Waals surface area contributed by atoms with Crippen molar-refractivity contribution >= 4 is 23.7 Å². The number of carbonyl (C=O) groups excluding carboxylic acids is 2. The van der Waals surface area contributed by atoms with Gasteiger partial charge in [-0.25, -0.2) is 0 Å². The summed E-state index contributed by atoms with van der Waals surface area (Å²) in [6, 6.07) is 8.93. The highest BCUT2D eigenvalue weighted by Crippen LogP contribution is 2.16. The Kier molecular flexibility index (Phi) is 5.97. The molecular weight excluding hydrogens is 350 g/mol. The number of rotatable bonds is 6. The number of aromatic nitrogens is 3. The molecule has 0 N–H and O–H groups in total. The van der Waals surface area contributed by atoms with Crippen molar-refractivity contribution in [1.29, 1.82) is 0 Å². The maximum atomic E-state index is 12.6. The van der Waals surface area contributed by atoms with E-state index in [2.05, 4.69) is 15.0 Å². The number of carbonyl (C=O) groups is 2. The molecule has 5 nitrogen and oxygen atoms in total. The van der Waals surface area contributed by atoms with Gasteiger partial charge in [0.2, 0.25) is 0 Å². The van der Waals surface area contributed by atoms with E-state index in [4.69, 9.17) is 0 Å². The van der Waals surface area contributed by atoms with E-state index in [-0.39, 0.29) is 11.6 Å². The average Bonchev–Trinajstić information content (AvgIpc) is 2.72. The lowest BCUT2D eigenvalue weighted by atomic mass is 10.0. The molecule has 0 saturated carbocycles. The summed E-state index contributed by atoms with van der Waals surface area (Å²) in [7, 11) is 0. The summed E-state index contributed by atoms with van der Waals surface area (Å²) in [5, 5.41) is 0. The van der Waals surface area contributed by atoms with Crippen LogP contribution in [0.4, 0.5) is 0 Å². The van der Waals surface area contributed by atoms with E-state index in [0.717, 1.165) is 11.1 Å². The zero-order chi connectivity index (χ0) is 19.9. The van der Waals surface area contributed by atoms with Crippen molar-refractivity contribution in [2.24, 2.45) is 0 Å². The Balaban J connectivity index is 1.85. The average molecular weight is 369 g/mol. The summed E-state index contributed by atoms with van der Waals surface area (Å²) in [4.78, 5) is 37.7. The molecule has 138 valence electrons.